The molecule has 0 aliphatic heterocycles. The molecule has 1 aromatic heterocycles. The normalized spacial score (nSPS) is 15.2. The number of imidazole rings is 1. The molecule has 19 heavy (non-hydrogen) atoms. The van der Waals surface area contributed by atoms with Gasteiger partial charge in [0.05, 0.1) is 6.54 Å². The molecule has 3 nitrogen and oxygen atoms in total. The van der Waals surface area contributed by atoms with Crippen molar-refractivity contribution in [2.45, 2.75) is 39.5 Å². The summed E-state index contributed by atoms with van der Waals surface area (Å²) in [7, 11) is -10.7. The Labute approximate surface area is 106 Å². The van der Waals surface area contributed by atoms with Gasteiger partial charge in [-0.2, -0.15) is 0 Å². The molecule has 1 rings (SSSR count). The van der Waals surface area contributed by atoms with Gasteiger partial charge in [-0.3, -0.25) is 0 Å². The van der Waals surface area contributed by atoms with Gasteiger partial charge < -0.3 is 5.11 Å². The second-order valence-electron chi connectivity index (χ2n) is 3.97. The van der Waals surface area contributed by atoms with Gasteiger partial charge in [-0.1, -0.05) is 13.3 Å². The number of aryl methyl sites for hydroxylation is 1. The third-order valence-electron chi connectivity index (χ3n) is 1.93. The molecular weight excluding hydrogens is 297 g/mol. The Bertz CT molecular complexity index is 376. The first kappa shape index (κ1) is 18.2. The maximum atomic E-state index is 9.87. The van der Waals surface area contributed by atoms with Crippen LogP contribution < -0.4 is 4.57 Å². The summed E-state index contributed by atoms with van der Waals surface area (Å²) in [5.74, 6) is 0. The Hall–Kier alpha value is -0.820. The van der Waals surface area contributed by atoms with Crippen molar-refractivity contribution < 1.29 is 34.9 Å². The summed E-state index contributed by atoms with van der Waals surface area (Å²) in [6, 6.07) is 0. The van der Waals surface area contributed by atoms with Gasteiger partial charge in [-0.15, -0.1) is 0 Å². The van der Waals surface area contributed by atoms with Gasteiger partial charge in [0, 0.05) is 0 Å². The van der Waals surface area contributed by atoms with Crippen LogP contribution >= 0.6 is 7.81 Å². The number of unbranched alkanes of at least 4 members (excludes halogenated alkanes) is 2. The fourth-order valence-electron chi connectivity index (χ4n) is 1.20. The predicted octanol–water partition coefficient (Wildman–Crippen LogP) is 4.30. The number of halogens is 6. The van der Waals surface area contributed by atoms with E-state index in [4.69, 9.17) is 5.11 Å². The van der Waals surface area contributed by atoms with Crippen molar-refractivity contribution >= 4 is 7.81 Å². The fraction of sp³-hybridized carbons (Fsp3) is 0.667. The van der Waals surface area contributed by atoms with Crippen LogP contribution in [0.25, 0.3) is 0 Å². The van der Waals surface area contributed by atoms with Crippen LogP contribution in [0.5, 0.6) is 0 Å². The van der Waals surface area contributed by atoms with Crippen LogP contribution in [0.4, 0.5) is 25.2 Å². The molecule has 0 aliphatic rings. The van der Waals surface area contributed by atoms with E-state index in [1.165, 1.54) is 19.3 Å². The molecule has 10 heteroatoms. The first-order valence-electron chi connectivity index (χ1n) is 5.54. The number of nitrogens with zero attached hydrogens (tertiary/aromatic N) is 2. The Kier molecular flexibility index (Phi) is 5.42. The minimum absolute atomic E-state index is 0.0702. The first-order chi connectivity index (χ1) is 8.31. The Morgan fingerprint density at radius 3 is 2.00 bits per heavy atom. The fourth-order valence-corrected chi connectivity index (χ4v) is 1.20. The summed E-state index contributed by atoms with van der Waals surface area (Å²) in [6.45, 7) is 3.32. The van der Waals surface area contributed by atoms with E-state index in [-0.39, 0.29) is 6.73 Å². The maximum absolute atomic E-state index is 10.7. The standard InChI is InChI=1S/C9H17N2O.F6P/c1-2-3-4-5-10-6-7-11(8-10)9-12;1-7(2,3,4,5)6/h6-8,12H,2-5,9H2,1H3;/q+1;-1. The summed E-state index contributed by atoms with van der Waals surface area (Å²) in [4.78, 5) is 0. The second-order valence-corrected chi connectivity index (χ2v) is 5.89. The van der Waals surface area contributed by atoms with Crippen LogP contribution in [0, 0.1) is 0 Å². The van der Waals surface area contributed by atoms with Crippen molar-refractivity contribution in [3.8, 4) is 0 Å². The van der Waals surface area contributed by atoms with E-state index in [0.29, 0.717) is 0 Å². The third kappa shape index (κ3) is 17.2. The zero-order valence-electron chi connectivity index (χ0n) is 10.3. The number of aliphatic hydroxyl groups is 1. The van der Waals surface area contributed by atoms with Crippen LogP contribution in [0.15, 0.2) is 18.7 Å². The van der Waals surface area contributed by atoms with Gasteiger partial charge in [-0.25, -0.2) is 9.13 Å². The van der Waals surface area contributed by atoms with Crippen molar-refractivity contribution in [1.82, 2.24) is 4.57 Å². The number of hydrogen-bond acceptors (Lipinski definition) is 1. The van der Waals surface area contributed by atoms with Crippen molar-refractivity contribution in [3.05, 3.63) is 18.7 Å². The predicted molar refractivity (Wildman–Crippen MR) is 59.9 cm³/mol. The van der Waals surface area contributed by atoms with E-state index in [0.717, 1.165) is 6.54 Å². The zero-order chi connectivity index (χ0) is 15.2. The number of aliphatic hydroxyl groups excluding tert-OH is 1. The summed E-state index contributed by atoms with van der Waals surface area (Å²) in [6.07, 6.45) is 9.54. The Morgan fingerprint density at radius 1 is 1.11 bits per heavy atom. The van der Waals surface area contributed by atoms with E-state index >= 15 is 0 Å². The summed E-state index contributed by atoms with van der Waals surface area (Å²) in [5, 5.41) is 8.77. The van der Waals surface area contributed by atoms with Gasteiger partial charge >= 0.3 is 33.0 Å². The number of rotatable bonds is 5. The molecule has 0 amide bonds. The second kappa shape index (κ2) is 5.66. The molecule has 0 radical (unpaired) electrons. The van der Waals surface area contributed by atoms with E-state index in [1.54, 1.807) is 4.57 Å². The van der Waals surface area contributed by atoms with Gasteiger partial charge in [0.15, 0.2) is 6.73 Å². The SMILES string of the molecule is CCCCCn1cc[n+](CO)c1.F[P-](F)(F)(F)(F)F. The molecule has 1 aromatic rings. The summed E-state index contributed by atoms with van der Waals surface area (Å²) >= 11 is 0. The average Bonchev–Trinajstić information content (AvgIpc) is 2.61. The van der Waals surface area contributed by atoms with Crippen LogP contribution in [0.2, 0.25) is 0 Å². The van der Waals surface area contributed by atoms with Crippen molar-refractivity contribution in [3.63, 3.8) is 0 Å². The van der Waals surface area contributed by atoms with Crippen LogP contribution in [0.3, 0.4) is 0 Å². The van der Waals surface area contributed by atoms with Gasteiger partial charge in [0.25, 0.3) is 0 Å². The molecule has 0 aromatic carbocycles. The van der Waals surface area contributed by atoms with Crippen molar-refractivity contribution in [1.29, 1.82) is 0 Å². The molecular formula is C9H17F6N2OP. The van der Waals surface area contributed by atoms with Crippen LogP contribution in [-0.4, -0.2) is 9.67 Å². The van der Waals surface area contributed by atoms with Crippen molar-refractivity contribution in [2.24, 2.45) is 0 Å². The quantitative estimate of drug-likeness (QED) is 0.373. The van der Waals surface area contributed by atoms with E-state index < -0.39 is 7.81 Å². The molecule has 0 fully saturated rings. The molecule has 116 valence electrons. The van der Waals surface area contributed by atoms with E-state index in [1.807, 2.05) is 18.7 Å². The molecule has 0 saturated heterocycles. The molecule has 0 saturated carbocycles. The van der Waals surface area contributed by atoms with Gasteiger partial charge in [0.1, 0.15) is 12.4 Å². The first-order valence-corrected chi connectivity index (χ1v) is 7.56. The number of hydrogen-bond donors (Lipinski definition) is 1. The molecule has 0 spiro atoms. The van der Waals surface area contributed by atoms with Crippen LogP contribution in [-0.2, 0) is 13.3 Å². The van der Waals surface area contributed by atoms with E-state index in [9.17, 15) is 25.2 Å². The van der Waals surface area contributed by atoms with Gasteiger partial charge in [-0.05, 0) is 12.8 Å². The zero-order valence-corrected chi connectivity index (χ0v) is 11.2. The molecule has 1 N–H and O–H groups in total. The number of aromatic nitrogens is 2. The Balaban J connectivity index is 0.000000399. The molecule has 0 atom stereocenters. The van der Waals surface area contributed by atoms with Gasteiger partial charge in [0.2, 0.25) is 6.33 Å². The molecule has 0 unspecified atom stereocenters. The molecule has 0 bridgehead atoms. The van der Waals surface area contributed by atoms with Crippen molar-refractivity contribution in [2.75, 3.05) is 0 Å². The van der Waals surface area contributed by atoms with E-state index in [2.05, 4.69) is 11.5 Å². The summed E-state index contributed by atoms with van der Waals surface area (Å²) in [5.41, 5.74) is 0. The van der Waals surface area contributed by atoms with Crippen LogP contribution in [0.1, 0.15) is 26.2 Å². The monoisotopic (exact) mass is 314 g/mol. The third-order valence-corrected chi connectivity index (χ3v) is 1.93. The topological polar surface area (TPSA) is 29.0 Å². The minimum atomic E-state index is -10.7. The molecule has 1 heterocycles. The summed E-state index contributed by atoms with van der Waals surface area (Å²) < 4.78 is 63.1. The Morgan fingerprint density at radius 2 is 1.63 bits per heavy atom. The average molecular weight is 314 g/mol. The molecule has 0 aliphatic carbocycles.